The maximum Gasteiger partial charge on any atom is 0.262 e. The van der Waals surface area contributed by atoms with Crippen LogP contribution in [0.15, 0.2) is 65.6 Å². The van der Waals surface area contributed by atoms with E-state index in [1.165, 1.54) is 18.2 Å². The molecule has 3 aromatic rings. The van der Waals surface area contributed by atoms with E-state index in [-0.39, 0.29) is 16.5 Å². The number of methoxy groups -OCH3 is 2. The number of ether oxygens (including phenoxy) is 4. The number of rotatable bonds is 9. The van der Waals surface area contributed by atoms with Crippen molar-refractivity contribution >= 4 is 21.6 Å². The molecule has 1 heterocycles. The largest absolute Gasteiger partial charge is 0.493 e. The van der Waals surface area contributed by atoms with Crippen LogP contribution in [0.25, 0.3) is 0 Å². The van der Waals surface area contributed by atoms with Gasteiger partial charge in [-0.05, 0) is 54.4 Å². The highest BCUT2D eigenvalue weighted by Crippen LogP contribution is 2.33. The zero-order valence-corrected chi connectivity index (χ0v) is 20.2. The molecule has 0 unspecified atom stereocenters. The highest BCUT2D eigenvalue weighted by atomic mass is 32.2. The lowest BCUT2D eigenvalue weighted by Crippen LogP contribution is -2.25. The number of fused-ring (bicyclic) bond motifs is 1. The van der Waals surface area contributed by atoms with Gasteiger partial charge in [0, 0.05) is 23.9 Å². The quantitative estimate of drug-likeness (QED) is 0.466. The number of anilines is 1. The molecule has 0 bridgehead atoms. The predicted octanol–water partition coefficient (Wildman–Crippen LogP) is 3.25. The average Bonchev–Trinajstić information content (AvgIpc) is 2.88. The van der Waals surface area contributed by atoms with E-state index in [4.69, 9.17) is 18.9 Å². The van der Waals surface area contributed by atoms with Gasteiger partial charge in [0.15, 0.2) is 23.0 Å². The maximum absolute atomic E-state index is 12.9. The van der Waals surface area contributed by atoms with Crippen LogP contribution in [0.1, 0.15) is 15.9 Å². The minimum absolute atomic E-state index is 0.0338. The van der Waals surface area contributed by atoms with E-state index in [0.29, 0.717) is 54.7 Å². The van der Waals surface area contributed by atoms with E-state index in [1.54, 1.807) is 38.5 Å². The van der Waals surface area contributed by atoms with Crippen molar-refractivity contribution in [1.29, 1.82) is 0 Å². The highest BCUT2D eigenvalue weighted by molar-refractivity contribution is 7.92. The van der Waals surface area contributed by atoms with Crippen LogP contribution in [0.4, 0.5) is 5.69 Å². The zero-order valence-electron chi connectivity index (χ0n) is 19.4. The van der Waals surface area contributed by atoms with E-state index in [9.17, 15) is 13.2 Å². The van der Waals surface area contributed by atoms with Gasteiger partial charge >= 0.3 is 0 Å². The average molecular weight is 499 g/mol. The van der Waals surface area contributed by atoms with Gasteiger partial charge in [-0.15, -0.1) is 0 Å². The number of nitrogens with one attached hydrogen (secondary N) is 2. The maximum atomic E-state index is 12.9. The smallest absolute Gasteiger partial charge is 0.262 e. The summed E-state index contributed by atoms with van der Waals surface area (Å²) in [5.74, 6) is 1.82. The zero-order chi connectivity index (χ0) is 24.8. The lowest BCUT2D eigenvalue weighted by atomic mass is 10.1. The third-order valence-electron chi connectivity index (χ3n) is 5.35. The normalized spacial score (nSPS) is 12.5. The van der Waals surface area contributed by atoms with Crippen LogP contribution < -0.4 is 29.0 Å². The van der Waals surface area contributed by atoms with Crippen LogP contribution in [0.5, 0.6) is 23.0 Å². The van der Waals surface area contributed by atoms with Crippen LogP contribution in [0.3, 0.4) is 0 Å². The standard InChI is InChI=1S/C25H26N2O7S/c1-31-21-8-6-17(14-23(21)32-2)10-11-26-25(28)18-4-3-5-19(15-18)27-35(29,30)20-7-9-22-24(16-20)34-13-12-33-22/h3-9,14-16,27H,10-13H2,1-2H3,(H,26,28). The van der Waals surface area contributed by atoms with Crippen molar-refractivity contribution in [2.75, 3.05) is 38.7 Å². The molecular formula is C25H26N2O7S. The molecule has 1 amide bonds. The molecule has 0 saturated heterocycles. The number of amides is 1. The van der Waals surface area contributed by atoms with E-state index < -0.39 is 10.0 Å². The first-order valence-electron chi connectivity index (χ1n) is 10.9. The summed E-state index contributed by atoms with van der Waals surface area (Å²) >= 11 is 0. The third kappa shape index (κ3) is 5.78. The first kappa shape index (κ1) is 24.2. The molecule has 2 N–H and O–H groups in total. The first-order chi connectivity index (χ1) is 16.9. The molecule has 0 aromatic heterocycles. The predicted molar refractivity (Wildman–Crippen MR) is 130 cm³/mol. The highest BCUT2D eigenvalue weighted by Gasteiger charge is 2.20. The molecular weight excluding hydrogens is 472 g/mol. The van der Waals surface area contributed by atoms with E-state index in [0.717, 1.165) is 5.56 Å². The Labute approximate surface area is 204 Å². The molecule has 1 aliphatic heterocycles. The Bertz CT molecular complexity index is 1330. The van der Waals surface area contributed by atoms with Gasteiger partial charge in [0.05, 0.1) is 19.1 Å². The van der Waals surface area contributed by atoms with Crippen LogP contribution in [-0.4, -0.2) is 48.3 Å². The minimum atomic E-state index is -3.89. The Morgan fingerprint density at radius 3 is 2.46 bits per heavy atom. The van der Waals surface area contributed by atoms with Gasteiger partial charge in [-0.1, -0.05) is 12.1 Å². The number of carbonyl (C=O) groups is 1. The lowest BCUT2D eigenvalue weighted by Gasteiger charge is -2.19. The van der Waals surface area contributed by atoms with Crippen LogP contribution in [0, 0.1) is 0 Å². The fourth-order valence-corrected chi connectivity index (χ4v) is 4.65. The third-order valence-corrected chi connectivity index (χ3v) is 6.73. The Balaban J connectivity index is 1.39. The second kappa shape index (κ2) is 10.6. The van der Waals surface area contributed by atoms with Gasteiger partial charge in [-0.25, -0.2) is 8.42 Å². The Morgan fingerprint density at radius 1 is 0.914 bits per heavy atom. The van der Waals surface area contributed by atoms with E-state index >= 15 is 0 Å². The van der Waals surface area contributed by atoms with Crippen LogP contribution in [-0.2, 0) is 16.4 Å². The van der Waals surface area contributed by atoms with Crippen molar-refractivity contribution in [2.45, 2.75) is 11.3 Å². The monoisotopic (exact) mass is 498 g/mol. The molecule has 0 saturated carbocycles. The molecule has 0 radical (unpaired) electrons. The summed E-state index contributed by atoms with van der Waals surface area (Å²) in [5.41, 5.74) is 1.58. The van der Waals surface area contributed by atoms with Crippen LogP contribution >= 0.6 is 0 Å². The number of carbonyl (C=O) groups excluding carboxylic acids is 1. The van der Waals surface area contributed by atoms with Gasteiger partial charge in [0.25, 0.3) is 15.9 Å². The van der Waals surface area contributed by atoms with E-state index in [2.05, 4.69) is 10.0 Å². The van der Waals surface area contributed by atoms with Crippen molar-refractivity contribution in [3.63, 3.8) is 0 Å². The second-order valence-electron chi connectivity index (χ2n) is 7.69. The fraction of sp³-hybridized carbons (Fsp3) is 0.240. The molecule has 1 aliphatic rings. The lowest BCUT2D eigenvalue weighted by molar-refractivity contribution is 0.0954. The molecule has 10 heteroatoms. The van der Waals surface area contributed by atoms with Crippen molar-refractivity contribution in [3.05, 3.63) is 71.8 Å². The first-order valence-corrected chi connectivity index (χ1v) is 12.4. The molecule has 35 heavy (non-hydrogen) atoms. The van der Waals surface area contributed by atoms with Gasteiger partial charge in [-0.2, -0.15) is 0 Å². The Hall–Kier alpha value is -3.92. The second-order valence-corrected chi connectivity index (χ2v) is 9.37. The number of sulfonamides is 1. The molecule has 0 spiro atoms. The Morgan fingerprint density at radius 2 is 1.69 bits per heavy atom. The topological polar surface area (TPSA) is 112 Å². The summed E-state index contributed by atoms with van der Waals surface area (Å²) in [5, 5.41) is 2.85. The molecule has 9 nitrogen and oxygen atoms in total. The summed E-state index contributed by atoms with van der Waals surface area (Å²) in [6, 6.07) is 16.3. The molecule has 184 valence electrons. The minimum Gasteiger partial charge on any atom is -0.493 e. The molecule has 4 rings (SSSR count). The molecule has 0 aliphatic carbocycles. The van der Waals surface area contributed by atoms with Crippen molar-refractivity contribution in [1.82, 2.24) is 5.32 Å². The summed E-state index contributed by atoms with van der Waals surface area (Å²) < 4.78 is 49.7. The Kier molecular flexibility index (Phi) is 7.31. The molecule has 0 atom stereocenters. The van der Waals surface area contributed by atoms with Gasteiger partial charge in [0.1, 0.15) is 13.2 Å². The summed E-state index contributed by atoms with van der Waals surface area (Å²) in [4.78, 5) is 12.7. The van der Waals surface area contributed by atoms with E-state index in [1.807, 2.05) is 18.2 Å². The molecule has 0 fully saturated rings. The fourth-order valence-electron chi connectivity index (χ4n) is 3.59. The van der Waals surface area contributed by atoms with Crippen molar-refractivity contribution < 1.29 is 32.2 Å². The van der Waals surface area contributed by atoms with Crippen molar-refractivity contribution in [2.24, 2.45) is 0 Å². The number of hydrogen-bond acceptors (Lipinski definition) is 7. The van der Waals surface area contributed by atoms with Crippen LogP contribution in [0.2, 0.25) is 0 Å². The van der Waals surface area contributed by atoms with Gasteiger partial charge in [-0.3, -0.25) is 9.52 Å². The summed E-state index contributed by atoms with van der Waals surface area (Å²) in [6.45, 7) is 1.16. The summed E-state index contributed by atoms with van der Waals surface area (Å²) in [6.07, 6.45) is 0.586. The SMILES string of the molecule is COc1ccc(CCNC(=O)c2cccc(NS(=O)(=O)c3ccc4c(c3)OCCO4)c2)cc1OC. The van der Waals surface area contributed by atoms with Gasteiger partial charge in [0.2, 0.25) is 0 Å². The van der Waals surface area contributed by atoms with Gasteiger partial charge < -0.3 is 24.3 Å². The summed E-state index contributed by atoms with van der Waals surface area (Å²) in [7, 11) is -0.754. The number of hydrogen-bond donors (Lipinski definition) is 2. The van der Waals surface area contributed by atoms with Crippen molar-refractivity contribution in [3.8, 4) is 23.0 Å². The number of benzene rings is 3. The molecule has 3 aromatic carbocycles.